The van der Waals surface area contributed by atoms with Crippen molar-refractivity contribution in [2.75, 3.05) is 94.9 Å². The van der Waals surface area contributed by atoms with E-state index in [-0.39, 0.29) is 156 Å². The third kappa shape index (κ3) is 27.0. The molecule has 0 unspecified atom stereocenters. The van der Waals surface area contributed by atoms with E-state index in [9.17, 15) is 33.6 Å². The molecule has 1 aromatic carbocycles. The Labute approximate surface area is 442 Å². The SMILES string of the molecule is COCOCOCOCOCOCOCOCOCOCOCCOCCn1cc([C@H](CC(=O)C[C@H](C(=O)N[C@@H](CCCCC(N)=O)C(=O)Cc2ccc(COC(=O)C(C)(C)C)cc2)C(C)C)N2C(=O)C=CC2=O)nn1. The second-order valence-electron chi connectivity index (χ2n) is 18.5. The maximum Gasteiger partial charge on any atom is 0.311 e. The highest BCUT2D eigenvalue weighted by atomic mass is 16.8. The number of carbonyl (C=O) groups is 7. The van der Waals surface area contributed by atoms with Crippen molar-refractivity contribution in [2.24, 2.45) is 23.0 Å². The molecule has 1 aliphatic rings. The van der Waals surface area contributed by atoms with E-state index in [1.54, 1.807) is 58.9 Å². The molecule has 26 nitrogen and oxygen atoms in total. The molecule has 3 N–H and O–H groups in total. The zero-order valence-electron chi connectivity index (χ0n) is 44.4. The lowest BCUT2D eigenvalue weighted by atomic mass is 9.87. The number of hydrogen-bond acceptors (Lipinski definition) is 22. The molecular weight excluding hydrogens is 1000 g/mol. The highest BCUT2D eigenvalue weighted by Gasteiger charge is 2.37. The van der Waals surface area contributed by atoms with Crippen LogP contribution in [0.3, 0.4) is 0 Å². The highest BCUT2D eigenvalue weighted by molar-refractivity contribution is 6.13. The quantitative estimate of drug-likeness (QED) is 0.0417. The van der Waals surface area contributed by atoms with Gasteiger partial charge >= 0.3 is 5.97 Å². The van der Waals surface area contributed by atoms with Crippen LogP contribution in [-0.2, 0) is 115 Å². The zero-order chi connectivity index (χ0) is 55.6. The number of ether oxygens (including phenoxy) is 13. The molecular formula is C50H76N6O20. The number of esters is 1. The molecule has 2 aromatic rings. The molecule has 0 saturated heterocycles. The number of methoxy groups -OCH3 is 1. The maximum absolute atomic E-state index is 14.0. The average molecular weight is 1080 g/mol. The van der Waals surface area contributed by atoms with Gasteiger partial charge < -0.3 is 72.6 Å². The number of Topliss-reactive ketones (excluding diaryl/α,β-unsaturated/α-hetero) is 2. The number of nitrogens with one attached hydrogen (secondary N) is 1. The number of aromatic nitrogens is 3. The van der Waals surface area contributed by atoms with Gasteiger partial charge in [0.2, 0.25) is 11.8 Å². The van der Waals surface area contributed by atoms with E-state index in [0.717, 1.165) is 22.6 Å². The van der Waals surface area contributed by atoms with Crippen LogP contribution in [-0.4, -0.2) is 162 Å². The Morgan fingerprint density at radius 1 is 0.684 bits per heavy atom. The van der Waals surface area contributed by atoms with E-state index in [2.05, 4.69) is 15.6 Å². The van der Waals surface area contributed by atoms with Gasteiger partial charge in [-0.05, 0) is 50.7 Å². The lowest BCUT2D eigenvalue weighted by molar-refractivity contribution is -0.231. The zero-order valence-corrected chi connectivity index (χ0v) is 44.4. The number of nitrogens with zero attached hydrogens (tertiary/aromatic N) is 4. The Balaban J connectivity index is 1.41. The summed E-state index contributed by atoms with van der Waals surface area (Å²) in [5.41, 5.74) is 6.27. The van der Waals surface area contributed by atoms with Crippen molar-refractivity contribution in [3.8, 4) is 0 Å². The molecule has 0 spiro atoms. The number of hydrogen-bond donors (Lipinski definition) is 2. The van der Waals surface area contributed by atoms with Crippen molar-refractivity contribution in [1.82, 2.24) is 25.2 Å². The summed E-state index contributed by atoms with van der Waals surface area (Å²) in [6, 6.07) is 4.95. The lowest BCUT2D eigenvalue weighted by Crippen LogP contribution is -2.46. The normalized spacial score (nSPS) is 13.9. The molecule has 2 heterocycles. The van der Waals surface area contributed by atoms with E-state index >= 15 is 0 Å². The molecule has 0 fully saturated rings. The summed E-state index contributed by atoms with van der Waals surface area (Å²) >= 11 is 0. The fourth-order valence-corrected chi connectivity index (χ4v) is 6.84. The fourth-order valence-electron chi connectivity index (χ4n) is 6.84. The summed E-state index contributed by atoms with van der Waals surface area (Å²) in [5, 5.41) is 11.2. The number of carbonyl (C=O) groups excluding carboxylic acids is 7. The van der Waals surface area contributed by atoms with Crippen LogP contribution >= 0.6 is 0 Å². The van der Waals surface area contributed by atoms with Crippen molar-refractivity contribution >= 4 is 41.2 Å². The lowest BCUT2D eigenvalue weighted by Gasteiger charge is -2.26. The van der Waals surface area contributed by atoms with Crippen molar-refractivity contribution in [2.45, 2.75) is 105 Å². The van der Waals surface area contributed by atoms with Gasteiger partial charge in [0.1, 0.15) is 31.7 Å². The monoisotopic (exact) mass is 1080 g/mol. The van der Waals surface area contributed by atoms with Gasteiger partial charge in [0.05, 0.1) is 50.1 Å². The number of nitrogens with two attached hydrogens (primary N) is 1. The number of rotatable bonds is 45. The minimum absolute atomic E-state index is 0.0161. The molecule has 426 valence electrons. The Morgan fingerprint density at radius 3 is 1.74 bits per heavy atom. The predicted octanol–water partition coefficient (Wildman–Crippen LogP) is 2.70. The van der Waals surface area contributed by atoms with E-state index in [1.807, 2.05) is 0 Å². The van der Waals surface area contributed by atoms with Gasteiger partial charge in [-0.1, -0.05) is 49.7 Å². The minimum atomic E-state index is -1.13. The smallest absolute Gasteiger partial charge is 0.311 e. The Hall–Kier alpha value is -5.49. The summed E-state index contributed by atoms with van der Waals surface area (Å²) in [6.45, 7) is 9.33. The molecule has 3 rings (SSSR count). The number of unbranched alkanes of at least 4 members (excludes halogenated alkanes) is 1. The van der Waals surface area contributed by atoms with E-state index in [0.29, 0.717) is 18.4 Å². The standard InChI is InChI=1S/C50H76N6O20/c1-36(2)40(48(62)52-41(9-7-8-10-45(51)59)44(58)21-37-11-13-38(14-12-37)25-76-49(63)50(3,4)5)22-39(57)23-43(56-46(60)15-16-47(56)61)42-24-55(54-53-42)17-18-65-19-20-66-27-68-29-70-31-72-33-74-35-75-34-73-32-71-30-69-28-67-26-64-6/h11-16,24,36,40-41,43H,7-10,17-23,25-35H2,1-6H3,(H2,51,59)(H,52,62)/t40-,41-,43-/m0/s1. The van der Waals surface area contributed by atoms with Crippen LogP contribution in [0.2, 0.25) is 0 Å². The summed E-state index contributed by atoms with van der Waals surface area (Å²) in [4.78, 5) is 92.1. The maximum atomic E-state index is 14.0. The van der Waals surface area contributed by atoms with Gasteiger partial charge in [0.25, 0.3) is 11.8 Å². The molecule has 0 radical (unpaired) electrons. The van der Waals surface area contributed by atoms with Crippen molar-refractivity contribution < 1.29 is 95.1 Å². The first-order valence-corrected chi connectivity index (χ1v) is 24.7. The minimum Gasteiger partial charge on any atom is -0.460 e. The molecule has 4 amide bonds. The van der Waals surface area contributed by atoms with Gasteiger partial charge in [-0.2, -0.15) is 0 Å². The van der Waals surface area contributed by atoms with Crippen LogP contribution in [0.15, 0.2) is 42.6 Å². The molecule has 3 atom stereocenters. The molecule has 1 aliphatic heterocycles. The first kappa shape index (κ1) is 64.8. The van der Waals surface area contributed by atoms with E-state index in [1.165, 1.54) is 18.0 Å². The molecule has 76 heavy (non-hydrogen) atoms. The van der Waals surface area contributed by atoms with Crippen molar-refractivity contribution in [3.63, 3.8) is 0 Å². The third-order valence-electron chi connectivity index (χ3n) is 10.9. The Bertz CT molecular complexity index is 2060. The first-order valence-electron chi connectivity index (χ1n) is 24.7. The van der Waals surface area contributed by atoms with Crippen molar-refractivity contribution in [1.29, 1.82) is 0 Å². The Morgan fingerprint density at radius 2 is 1.21 bits per heavy atom. The third-order valence-corrected chi connectivity index (χ3v) is 10.9. The van der Waals surface area contributed by atoms with Crippen LogP contribution < -0.4 is 11.1 Å². The largest absolute Gasteiger partial charge is 0.460 e. The first-order chi connectivity index (χ1) is 36.5. The predicted molar refractivity (Wildman–Crippen MR) is 263 cm³/mol. The second kappa shape index (κ2) is 37.3. The number of primary amides is 1. The topological polar surface area (TPSA) is 311 Å². The fraction of sp³-hybridized carbons (Fsp3) is 0.660. The van der Waals surface area contributed by atoms with Gasteiger partial charge in [0, 0.05) is 50.9 Å². The van der Waals surface area contributed by atoms with Crippen LogP contribution in [0.4, 0.5) is 0 Å². The summed E-state index contributed by atoms with van der Waals surface area (Å²) in [6.07, 6.45) is 4.23. The van der Waals surface area contributed by atoms with Gasteiger partial charge in [-0.25, -0.2) is 4.68 Å². The number of amides is 4. The molecule has 1 aromatic heterocycles. The van der Waals surface area contributed by atoms with Crippen molar-refractivity contribution in [3.05, 3.63) is 59.4 Å². The average Bonchev–Trinajstić information content (AvgIpc) is 3.99. The summed E-state index contributed by atoms with van der Waals surface area (Å²) in [7, 11) is 1.50. The van der Waals surface area contributed by atoms with Crippen LogP contribution in [0.5, 0.6) is 0 Å². The molecule has 0 bridgehead atoms. The van der Waals surface area contributed by atoms with Crippen LogP contribution in [0, 0.1) is 17.3 Å². The summed E-state index contributed by atoms with van der Waals surface area (Å²) in [5.74, 6) is -4.58. The number of imide groups is 1. The van der Waals surface area contributed by atoms with Crippen LogP contribution in [0.1, 0.15) is 96.0 Å². The van der Waals surface area contributed by atoms with Gasteiger partial charge in [0.15, 0.2) is 60.1 Å². The number of benzene rings is 1. The van der Waals surface area contributed by atoms with Gasteiger partial charge in [-0.15, -0.1) is 5.10 Å². The van der Waals surface area contributed by atoms with E-state index in [4.69, 9.17) is 67.3 Å². The molecule has 0 aliphatic carbocycles. The van der Waals surface area contributed by atoms with E-state index < -0.39 is 52.8 Å². The second-order valence-corrected chi connectivity index (χ2v) is 18.5. The molecule has 26 heteroatoms. The Kier molecular flexibility index (Phi) is 31.8. The van der Waals surface area contributed by atoms with Gasteiger partial charge in [-0.3, -0.25) is 38.5 Å². The summed E-state index contributed by atoms with van der Waals surface area (Å²) < 4.78 is 68.3. The highest BCUT2D eigenvalue weighted by Crippen LogP contribution is 2.29. The van der Waals surface area contributed by atoms with Crippen LogP contribution in [0.25, 0.3) is 0 Å². The number of ketones is 2. The molecule has 0 saturated carbocycles.